The smallest absolute Gasteiger partial charge is 0.392 e. The van der Waals surface area contributed by atoms with Gasteiger partial charge in [0.05, 0.1) is 11.5 Å². The molecule has 4 nitrogen and oxygen atoms in total. The second kappa shape index (κ2) is 4.85. The van der Waals surface area contributed by atoms with Gasteiger partial charge in [0.1, 0.15) is 6.54 Å². The Morgan fingerprint density at radius 2 is 1.92 bits per heavy atom. The van der Waals surface area contributed by atoms with Crippen molar-refractivity contribution >= 4 is 23.2 Å². The van der Waals surface area contributed by atoms with Gasteiger partial charge in [-0.1, -0.05) is 12.2 Å². The first-order valence-corrected chi connectivity index (χ1v) is 3.59. The summed E-state index contributed by atoms with van der Waals surface area (Å²) in [6.07, 6.45) is -4.42. The summed E-state index contributed by atoms with van der Waals surface area (Å²) in [4.78, 5) is 10.6. The van der Waals surface area contributed by atoms with Gasteiger partial charge in [0.15, 0.2) is 0 Å². The number of alkyl halides is 3. The Bertz CT molecular complexity index is 206. The third-order valence-corrected chi connectivity index (χ3v) is 1.02. The molecule has 0 saturated heterocycles. The van der Waals surface area contributed by atoms with Crippen molar-refractivity contribution in [1.82, 2.24) is 10.6 Å². The van der Waals surface area contributed by atoms with Gasteiger partial charge >= 0.3 is 12.2 Å². The summed E-state index contributed by atoms with van der Waals surface area (Å²) >= 11 is 4.38. The second-order valence-corrected chi connectivity index (χ2v) is 2.64. The lowest BCUT2D eigenvalue weighted by atomic mass is 10.6. The van der Waals surface area contributed by atoms with E-state index in [4.69, 9.17) is 5.73 Å². The zero-order chi connectivity index (χ0) is 10.5. The molecule has 0 radical (unpaired) electrons. The molecule has 0 bridgehead atoms. The van der Waals surface area contributed by atoms with Gasteiger partial charge in [-0.2, -0.15) is 13.2 Å². The highest BCUT2D eigenvalue weighted by atomic mass is 32.1. The summed E-state index contributed by atoms with van der Waals surface area (Å²) in [7, 11) is 0. The van der Waals surface area contributed by atoms with Crippen molar-refractivity contribution in [2.75, 3.05) is 13.1 Å². The number of nitrogens with two attached hydrogens (primary N) is 1. The van der Waals surface area contributed by atoms with Crippen molar-refractivity contribution < 1.29 is 18.0 Å². The highest BCUT2D eigenvalue weighted by Gasteiger charge is 2.27. The summed E-state index contributed by atoms with van der Waals surface area (Å²) < 4.78 is 34.6. The molecule has 0 rings (SSSR count). The largest absolute Gasteiger partial charge is 0.405 e. The van der Waals surface area contributed by atoms with E-state index in [2.05, 4.69) is 12.2 Å². The molecule has 76 valence electrons. The first kappa shape index (κ1) is 11.9. The molecule has 0 aliphatic heterocycles. The highest BCUT2D eigenvalue weighted by molar-refractivity contribution is 7.80. The Hall–Kier alpha value is -1.05. The zero-order valence-corrected chi connectivity index (χ0v) is 7.26. The molecule has 8 heteroatoms. The Labute approximate surface area is 77.7 Å². The van der Waals surface area contributed by atoms with Gasteiger partial charge in [-0.3, -0.25) is 0 Å². The fourth-order valence-electron chi connectivity index (χ4n) is 0.410. The first-order chi connectivity index (χ1) is 5.81. The molecule has 0 fully saturated rings. The molecule has 2 amide bonds. The van der Waals surface area contributed by atoms with Crippen LogP contribution in [0, 0.1) is 0 Å². The van der Waals surface area contributed by atoms with Crippen LogP contribution in [-0.4, -0.2) is 30.3 Å². The lowest BCUT2D eigenvalue weighted by molar-refractivity contribution is -0.122. The van der Waals surface area contributed by atoms with E-state index in [0.29, 0.717) is 0 Å². The van der Waals surface area contributed by atoms with Crippen LogP contribution in [0.4, 0.5) is 18.0 Å². The maximum absolute atomic E-state index is 11.5. The van der Waals surface area contributed by atoms with Crippen molar-refractivity contribution in [3.63, 3.8) is 0 Å². The summed E-state index contributed by atoms with van der Waals surface area (Å²) in [5.41, 5.74) is 4.99. The number of amides is 2. The van der Waals surface area contributed by atoms with Gasteiger partial charge in [-0.25, -0.2) is 4.79 Å². The predicted octanol–water partition coefficient (Wildman–Crippen LogP) is 0.134. The number of urea groups is 1. The number of hydrogen-bond acceptors (Lipinski definition) is 2. The summed E-state index contributed by atoms with van der Waals surface area (Å²) in [5.74, 6) is 0. The topological polar surface area (TPSA) is 67.1 Å². The van der Waals surface area contributed by atoms with E-state index in [0.717, 1.165) is 0 Å². The average molecular weight is 215 g/mol. The minimum absolute atomic E-state index is 0.00200. The van der Waals surface area contributed by atoms with Crippen LogP contribution >= 0.6 is 12.2 Å². The van der Waals surface area contributed by atoms with E-state index in [-0.39, 0.29) is 11.5 Å². The number of carbonyl (C=O) groups excluding carboxylic acids is 1. The molecule has 0 heterocycles. The molecule has 0 spiro atoms. The minimum Gasteiger partial charge on any atom is -0.392 e. The van der Waals surface area contributed by atoms with E-state index in [9.17, 15) is 18.0 Å². The number of rotatable bonds is 3. The molecule has 0 unspecified atom stereocenters. The predicted molar refractivity (Wildman–Crippen MR) is 44.2 cm³/mol. The molecule has 0 atom stereocenters. The van der Waals surface area contributed by atoms with E-state index in [1.807, 2.05) is 5.32 Å². The number of hydrogen-bond donors (Lipinski definition) is 3. The van der Waals surface area contributed by atoms with Crippen LogP contribution in [0.3, 0.4) is 0 Å². The molecule has 13 heavy (non-hydrogen) atoms. The molecular weight excluding hydrogens is 207 g/mol. The van der Waals surface area contributed by atoms with Crippen LogP contribution in [0.5, 0.6) is 0 Å². The summed E-state index contributed by atoms with van der Waals surface area (Å²) in [6, 6.07) is -0.954. The van der Waals surface area contributed by atoms with Crippen molar-refractivity contribution in [3.05, 3.63) is 0 Å². The number of halogens is 3. The standard InChI is InChI=1S/C5H8F3N3OS/c6-5(7,8)2-11-4(12)10-1-3(9)13/h1-2H2,(H2,9,13)(H2,10,11,12). The molecule has 0 aromatic carbocycles. The Morgan fingerprint density at radius 1 is 1.38 bits per heavy atom. The average Bonchev–Trinajstić information content (AvgIpc) is 1.95. The minimum atomic E-state index is -4.42. The quantitative estimate of drug-likeness (QED) is 0.586. The van der Waals surface area contributed by atoms with E-state index in [1.165, 1.54) is 0 Å². The summed E-state index contributed by atoms with van der Waals surface area (Å²) in [6.45, 7) is -1.50. The monoisotopic (exact) mass is 215 g/mol. The fraction of sp³-hybridized carbons (Fsp3) is 0.600. The fourth-order valence-corrected chi connectivity index (χ4v) is 0.483. The molecule has 0 aliphatic rings. The van der Waals surface area contributed by atoms with Gasteiger partial charge in [0.25, 0.3) is 0 Å². The lowest BCUT2D eigenvalue weighted by Gasteiger charge is -2.08. The van der Waals surface area contributed by atoms with Crippen LogP contribution in [0.15, 0.2) is 0 Å². The maximum Gasteiger partial charge on any atom is 0.405 e. The molecule has 0 aromatic heterocycles. The van der Waals surface area contributed by atoms with E-state index in [1.54, 1.807) is 5.32 Å². The van der Waals surface area contributed by atoms with Gasteiger partial charge in [-0.05, 0) is 0 Å². The van der Waals surface area contributed by atoms with Crippen molar-refractivity contribution in [2.24, 2.45) is 5.73 Å². The molecule has 4 N–H and O–H groups in total. The molecule has 0 aromatic rings. The van der Waals surface area contributed by atoms with Crippen molar-refractivity contribution in [1.29, 1.82) is 0 Å². The normalized spacial score (nSPS) is 10.7. The van der Waals surface area contributed by atoms with Crippen LogP contribution in [0.1, 0.15) is 0 Å². The zero-order valence-electron chi connectivity index (χ0n) is 6.44. The van der Waals surface area contributed by atoms with Crippen LogP contribution in [0.2, 0.25) is 0 Å². The van der Waals surface area contributed by atoms with Gasteiger partial charge in [-0.15, -0.1) is 0 Å². The number of carbonyl (C=O) groups is 1. The third kappa shape index (κ3) is 8.86. The third-order valence-electron chi connectivity index (χ3n) is 0.873. The SMILES string of the molecule is NC(=S)CNC(=O)NCC(F)(F)F. The number of thiocarbonyl (C=S) groups is 1. The van der Waals surface area contributed by atoms with Crippen molar-refractivity contribution in [3.8, 4) is 0 Å². The van der Waals surface area contributed by atoms with Crippen LogP contribution in [-0.2, 0) is 0 Å². The van der Waals surface area contributed by atoms with Crippen molar-refractivity contribution in [2.45, 2.75) is 6.18 Å². The van der Waals surface area contributed by atoms with Gasteiger partial charge in [0, 0.05) is 0 Å². The second-order valence-electron chi connectivity index (χ2n) is 2.12. The van der Waals surface area contributed by atoms with Crippen LogP contribution in [0.25, 0.3) is 0 Å². The first-order valence-electron chi connectivity index (χ1n) is 3.18. The summed E-state index contributed by atoms with van der Waals surface area (Å²) in [5, 5.41) is 3.63. The van der Waals surface area contributed by atoms with E-state index < -0.39 is 18.8 Å². The number of nitrogens with one attached hydrogen (secondary N) is 2. The van der Waals surface area contributed by atoms with Gasteiger partial charge < -0.3 is 16.4 Å². The van der Waals surface area contributed by atoms with E-state index >= 15 is 0 Å². The Kier molecular flexibility index (Phi) is 4.46. The molecular formula is C5H8F3N3OS. The van der Waals surface area contributed by atoms with Crippen LogP contribution < -0.4 is 16.4 Å². The molecule has 0 aliphatic carbocycles. The Balaban J connectivity index is 3.58. The lowest BCUT2D eigenvalue weighted by Crippen LogP contribution is -2.43. The Morgan fingerprint density at radius 3 is 2.31 bits per heavy atom. The van der Waals surface area contributed by atoms with Gasteiger partial charge in [0.2, 0.25) is 0 Å². The molecule has 0 saturated carbocycles. The highest BCUT2D eigenvalue weighted by Crippen LogP contribution is 2.11. The maximum atomic E-state index is 11.5.